The van der Waals surface area contributed by atoms with Crippen LogP contribution >= 0.6 is 0 Å². The topological polar surface area (TPSA) is 21.7 Å². The van der Waals surface area contributed by atoms with E-state index >= 15 is 0 Å². The maximum atomic E-state index is 5.62. The quantitative estimate of drug-likeness (QED) is 0.642. The lowest BCUT2D eigenvalue weighted by atomic mass is 9.85. The zero-order chi connectivity index (χ0) is 12.7. The van der Waals surface area contributed by atoms with Crippen LogP contribution in [0.1, 0.15) is 46.5 Å². The summed E-state index contributed by atoms with van der Waals surface area (Å²) in [5.74, 6) is 0.803. The van der Waals surface area contributed by atoms with Gasteiger partial charge in [-0.05, 0) is 39.7 Å². The molecule has 3 heteroatoms. The predicted molar refractivity (Wildman–Crippen MR) is 71.1 cm³/mol. The molecule has 2 atom stereocenters. The molecule has 0 aromatic carbocycles. The molecule has 0 aliphatic heterocycles. The third-order valence-corrected chi connectivity index (χ3v) is 3.77. The van der Waals surface area contributed by atoms with Crippen LogP contribution in [0.3, 0.4) is 0 Å². The fourth-order valence-electron chi connectivity index (χ4n) is 2.85. The first-order valence-electron chi connectivity index (χ1n) is 7.12. The van der Waals surface area contributed by atoms with Gasteiger partial charge in [-0.15, -0.1) is 0 Å². The van der Waals surface area contributed by atoms with Gasteiger partial charge in [0.1, 0.15) is 0 Å². The summed E-state index contributed by atoms with van der Waals surface area (Å²) < 4.78 is 11.2. The standard InChI is InChI=1S/C14H29NO2/c1-5-16-14(17-6-2)11-15(4)13-10-8-7-9-12(13)3/h12-14H,5-11H2,1-4H3. The van der Waals surface area contributed by atoms with Gasteiger partial charge in [0, 0.05) is 25.8 Å². The van der Waals surface area contributed by atoms with Crippen molar-refractivity contribution in [3.05, 3.63) is 0 Å². The fourth-order valence-corrected chi connectivity index (χ4v) is 2.85. The van der Waals surface area contributed by atoms with E-state index in [9.17, 15) is 0 Å². The minimum atomic E-state index is -0.0656. The Kier molecular flexibility index (Phi) is 7.09. The zero-order valence-corrected chi connectivity index (χ0v) is 11.9. The monoisotopic (exact) mass is 243 g/mol. The van der Waals surface area contributed by atoms with Gasteiger partial charge in [0.15, 0.2) is 6.29 Å². The van der Waals surface area contributed by atoms with Crippen molar-refractivity contribution in [2.75, 3.05) is 26.8 Å². The Labute approximate surface area is 106 Å². The van der Waals surface area contributed by atoms with E-state index in [-0.39, 0.29) is 6.29 Å². The Morgan fingerprint density at radius 2 is 1.71 bits per heavy atom. The molecule has 2 unspecified atom stereocenters. The Morgan fingerprint density at radius 3 is 2.24 bits per heavy atom. The lowest BCUT2D eigenvalue weighted by molar-refractivity contribution is -0.150. The van der Waals surface area contributed by atoms with E-state index in [4.69, 9.17) is 9.47 Å². The van der Waals surface area contributed by atoms with Crippen LogP contribution in [0.4, 0.5) is 0 Å². The van der Waals surface area contributed by atoms with Gasteiger partial charge in [-0.3, -0.25) is 4.90 Å². The number of nitrogens with zero attached hydrogens (tertiary/aromatic N) is 1. The zero-order valence-electron chi connectivity index (χ0n) is 11.9. The Balaban J connectivity index is 2.41. The van der Waals surface area contributed by atoms with Gasteiger partial charge in [-0.2, -0.15) is 0 Å². The molecule has 3 nitrogen and oxygen atoms in total. The van der Waals surface area contributed by atoms with E-state index in [2.05, 4.69) is 18.9 Å². The van der Waals surface area contributed by atoms with Crippen LogP contribution in [0.25, 0.3) is 0 Å². The van der Waals surface area contributed by atoms with E-state index in [0.717, 1.165) is 25.7 Å². The van der Waals surface area contributed by atoms with Crippen molar-refractivity contribution in [2.24, 2.45) is 5.92 Å². The summed E-state index contributed by atoms with van der Waals surface area (Å²) in [4.78, 5) is 2.43. The molecule has 0 spiro atoms. The van der Waals surface area contributed by atoms with Crippen molar-refractivity contribution in [3.63, 3.8) is 0 Å². The van der Waals surface area contributed by atoms with Crippen LogP contribution in [-0.2, 0) is 9.47 Å². The summed E-state index contributed by atoms with van der Waals surface area (Å²) in [5, 5.41) is 0. The van der Waals surface area contributed by atoms with Gasteiger partial charge in [0.05, 0.1) is 0 Å². The second-order valence-corrected chi connectivity index (χ2v) is 5.11. The summed E-state index contributed by atoms with van der Waals surface area (Å²) in [6.07, 6.45) is 5.38. The Morgan fingerprint density at radius 1 is 1.12 bits per heavy atom. The lowest BCUT2D eigenvalue weighted by Gasteiger charge is -2.37. The highest BCUT2D eigenvalue weighted by atomic mass is 16.7. The molecular formula is C14H29NO2. The van der Waals surface area contributed by atoms with Gasteiger partial charge in [0.2, 0.25) is 0 Å². The number of likely N-dealkylation sites (N-methyl/N-ethyl adjacent to an activating group) is 1. The fraction of sp³-hybridized carbons (Fsp3) is 1.00. The van der Waals surface area contributed by atoms with Gasteiger partial charge >= 0.3 is 0 Å². The van der Waals surface area contributed by atoms with Crippen LogP contribution < -0.4 is 0 Å². The molecule has 1 saturated carbocycles. The second-order valence-electron chi connectivity index (χ2n) is 5.11. The van der Waals surface area contributed by atoms with E-state index in [1.54, 1.807) is 0 Å². The molecule has 0 N–H and O–H groups in total. The van der Waals surface area contributed by atoms with Crippen LogP contribution in [0, 0.1) is 5.92 Å². The van der Waals surface area contributed by atoms with E-state index < -0.39 is 0 Å². The maximum absolute atomic E-state index is 5.62. The van der Waals surface area contributed by atoms with Crippen molar-refractivity contribution in [2.45, 2.75) is 58.8 Å². The van der Waals surface area contributed by atoms with Crippen LogP contribution in [0.5, 0.6) is 0 Å². The molecule has 1 aliphatic carbocycles. The van der Waals surface area contributed by atoms with Crippen molar-refractivity contribution >= 4 is 0 Å². The Bertz CT molecular complexity index is 193. The highest BCUT2D eigenvalue weighted by Gasteiger charge is 2.26. The van der Waals surface area contributed by atoms with Crippen molar-refractivity contribution in [1.29, 1.82) is 0 Å². The summed E-state index contributed by atoms with van der Waals surface area (Å²) >= 11 is 0. The summed E-state index contributed by atoms with van der Waals surface area (Å²) in [7, 11) is 2.21. The molecule has 0 amide bonds. The van der Waals surface area contributed by atoms with E-state index in [0.29, 0.717) is 6.04 Å². The average molecular weight is 243 g/mol. The second kappa shape index (κ2) is 8.06. The molecule has 102 valence electrons. The molecule has 0 radical (unpaired) electrons. The van der Waals surface area contributed by atoms with Gasteiger partial charge < -0.3 is 9.47 Å². The smallest absolute Gasteiger partial charge is 0.170 e. The first kappa shape index (κ1) is 14.9. The average Bonchev–Trinajstić information content (AvgIpc) is 2.30. The minimum Gasteiger partial charge on any atom is -0.352 e. The van der Waals surface area contributed by atoms with Crippen LogP contribution in [0.2, 0.25) is 0 Å². The highest BCUT2D eigenvalue weighted by molar-refractivity contribution is 4.79. The molecule has 0 bridgehead atoms. The van der Waals surface area contributed by atoms with E-state index in [1.165, 1.54) is 25.7 Å². The number of hydrogen-bond acceptors (Lipinski definition) is 3. The third-order valence-electron chi connectivity index (χ3n) is 3.77. The van der Waals surface area contributed by atoms with Crippen LogP contribution in [0.15, 0.2) is 0 Å². The molecule has 1 rings (SSSR count). The number of ether oxygens (including phenoxy) is 2. The normalized spacial score (nSPS) is 25.8. The van der Waals surface area contributed by atoms with Gasteiger partial charge in [-0.25, -0.2) is 0 Å². The largest absolute Gasteiger partial charge is 0.352 e. The minimum absolute atomic E-state index is 0.0656. The molecule has 0 aromatic rings. The SMILES string of the molecule is CCOC(CN(C)C1CCCCC1C)OCC. The molecule has 0 heterocycles. The molecule has 1 aliphatic rings. The van der Waals surface area contributed by atoms with E-state index in [1.807, 2.05) is 13.8 Å². The lowest BCUT2D eigenvalue weighted by Crippen LogP contribution is -2.44. The van der Waals surface area contributed by atoms with Gasteiger partial charge in [-0.1, -0.05) is 19.8 Å². The molecule has 0 aromatic heterocycles. The third kappa shape index (κ3) is 4.94. The van der Waals surface area contributed by atoms with Crippen molar-refractivity contribution in [1.82, 2.24) is 4.90 Å². The van der Waals surface area contributed by atoms with Crippen LogP contribution in [-0.4, -0.2) is 44.0 Å². The molecule has 0 saturated heterocycles. The van der Waals surface area contributed by atoms with Crippen molar-refractivity contribution in [3.8, 4) is 0 Å². The molecule has 17 heavy (non-hydrogen) atoms. The number of hydrogen-bond donors (Lipinski definition) is 0. The highest BCUT2D eigenvalue weighted by Crippen LogP contribution is 2.27. The summed E-state index contributed by atoms with van der Waals surface area (Å²) in [6, 6.07) is 0.701. The summed E-state index contributed by atoms with van der Waals surface area (Å²) in [6.45, 7) is 8.75. The predicted octanol–water partition coefficient (Wildman–Crippen LogP) is 2.90. The van der Waals surface area contributed by atoms with Crippen molar-refractivity contribution < 1.29 is 9.47 Å². The molecule has 1 fully saturated rings. The first-order valence-corrected chi connectivity index (χ1v) is 7.12. The first-order chi connectivity index (χ1) is 8.19. The Hall–Kier alpha value is -0.120. The summed E-state index contributed by atoms with van der Waals surface area (Å²) in [5.41, 5.74) is 0. The molecular weight excluding hydrogens is 214 g/mol. The van der Waals surface area contributed by atoms with Gasteiger partial charge in [0.25, 0.3) is 0 Å². The maximum Gasteiger partial charge on any atom is 0.170 e. The number of rotatable bonds is 7.